The molecule has 0 spiro atoms. The summed E-state index contributed by atoms with van der Waals surface area (Å²) in [7, 11) is 1.37. The molecule has 0 bridgehead atoms. The van der Waals surface area contributed by atoms with Gasteiger partial charge in [-0.25, -0.2) is 9.59 Å². The Labute approximate surface area is 191 Å². The lowest BCUT2D eigenvalue weighted by atomic mass is 9.98. The lowest BCUT2D eigenvalue weighted by Crippen LogP contribution is -2.56. The maximum atomic E-state index is 12.7. The smallest absolute Gasteiger partial charge is 0.407 e. The van der Waals surface area contributed by atoms with Crippen LogP contribution in [0.25, 0.3) is 11.1 Å². The molecule has 0 saturated carbocycles. The van der Waals surface area contributed by atoms with Gasteiger partial charge in [-0.05, 0) is 29.2 Å². The van der Waals surface area contributed by atoms with Crippen molar-refractivity contribution in [2.45, 2.75) is 37.5 Å². The molecule has 0 aliphatic heterocycles. The van der Waals surface area contributed by atoms with Crippen LogP contribution < -0.4 is 10.6 Å². The topological polar surface area (TPSA) is 134 Å². The van der Waals surface area contributed by atoms with Crippen LogP contribution in [0.3, 0.4) is 0 Å². The predicted octanol–water partition coefficient (Wildman–Crippen LogP) is 1.88. The normalized spacial score (nSPS) is 15.0. The van der Waals surface area contributed by atoms with Crippen LogP contribution in [0.1, 0.15) is 30.4 Å². The summed E-state index contributed by atoms with van der Waals surface area (Å²) in [6.07, 6.45) is -1.75. The van der Waals surface area contributed by atoms with Gasteiger partial charge in [0, 0.05) is 26.1 Å². The van der Waals surface area contributed by atoms with Crippen LogP contribution in [0.15, 0.2) is 48.5 Å². The van der Waals surface area contributed by atoms with E-state index in [9.17, 15) is 19.5 Å². The minimum atomic E-state index is -1.29. The number of amides is 2. The fourth-order valence-electron chi connectivity index (χ4n) is 3.95. The number of aliphatic hydroxyl groups excluding tert-OH is 1. The fourth-order valence-corrected chi connectivity index (χ4v) is 3.95. The molecule has 0 aromatic heterocycles. The van der Waals surface area contributed by atoms with Gasteiger partial charge >= 0.3 is 12.1 Å². The van der Waals surface area contributed by atoms with Crippen LogP contribution in [0.2, 0.25) is 0 Å². The molecule has 2 aromatic carbocycles. The maximum Gasteiger partial charge on any atom is 0.407 e. The van der Waals surface area contributed by atoms with Gasteiger partial charge in [0.25, 0.3) is 0 Å². The Hall–Kier alpha value is -3.43. The Morgan fingerprint density at radius 1 is 1.00 bits per heavy atom. The van der Waals surface area contributed by atoms with Gasteiger partial charge in [-0.2, -0.15) is 0 Å². The van der Waals surface area contributed by atoms with Crippen molar-refractivity contribution in [3.05, 3.63) is 59.7 Å². The number of ether oxygens (including phenoxy) is 2. The zero-order valence-corrected chi connectivity index (χ0v) is 18.5. The molecule has 3 atom stereocenters. The van der Waals surface area contributed by atoms with Crippen molar-refractivity contribution in [2.75, 3.05) is 20.3 Å². The average Bonchev–Trinajstić information content (AvgIpc) is 3.14. The SMILES string of the molecule is CO[C@H](C)[C@H](NC(=O)OCC1c2ccccc2-c2ccccc21)C(=O)N[C@H](CCO)C(=O)O. The van der Waals surface area contributed by atoms with Crippen LogP contribution in [0, 0.1) is 0 Å². The van der Waals surface area contributed by atoms with E-state index < -0.39 is 42.8 Å². The lowest BCUT2D eigenvalue weighted by Gasteiger charge is -2.25. The van der Waals surface area contributed by atoms with Crippen molar-refractivity contribution in [1.29, 1.82) is 0 Å². The number of carbonyl (C=O) groups is 3. The first-order valence-electron chi connectivity index (χ1n) is 10.7. The highest BCUT2D eigenvalue weighted by molar-refractivity contribution is 5.89. The number of aliphatic hydroxyl groups is 1. The van der Waals surface area contributed by atoms with E-state index >= 15 is 0 Å². The summed E-state index contributed by atoms with van der Waals surface area (Å²) in [4.78, 5) is 36.5. The van der Waals surface area contributed by atoms with Crippen LogP contribution in [0.5, 0.6) is 0 Å². The van der Waals surface area contributed by atoms with Gasteiger partial charge in [0.15, 0.2) is 0 Å². The van der Waals surface area contributed by atoms with E-state index in [1.165, 1.54) is 7.11 Å². The van der Waals surface area contributed by atoms with Crippen molar-refractivity contribution in [3.63, 3.8) is 0 Å². The maximum absolute atomic E-state index is 12.7. The molecule has 0 saturated heterocycles. The third-order valence-corrected chi connectivity index (χ3v) is 5.77. The van der Waals surface area contributed by atoms with Gasteiger partial charge in [0.05, 0.1) is 6.10 Å². The second kappa shape index (κ2) is 10.9. The quantitative estimate of drug-likeness (QED) is 0.429. The average molecular weight is 456 g/mol. The molecule has 1 aliphatic carbocycles. The van der Waals surface area contributed by atoms with E-state index in [0.717, 1.165) is 22.3 Å². The van der Waals surface area contributed by atoms with E-state index in [1.54, 1.807) is 6.92 Å². The number of hydrogen-bond acceptors (Lipinski definition) is 6. The largest absolute Gasteiger partial charge is 0.480 e. The molecule has 0 fully saturated rings. The van der Waals surface area contributed by atoms with Crippen molar-refractivity contribution >= 4 is 18.0 Å². The van der Waals surface area contributed by atoms with Crippen molar-refractivity contribution in [1.82, 2.24) is 10.6 Å². The zero-order chi connectivity index (χ0) is 24.0. The fraction of sp³-hybridized carbons (Fsp3) is 0.375. The minimum Gasteiger partial charge on any atom is -0.480 e. The number of carbonyl (C=O) groups excluding carboxylic acids is 2. The summed E-state index contributed by atoms with van der Waals surface area (Å²) in [6.45, 7) is 1.22. The number of carboxylic acids is 1. The van der Waals surface area contributed by atoms with Gasteiger partial charge < -0.3 is 30.3 Å². The Morgan fingerprint density at radius 2 is 1.58 bits per heavy atom. The number of carboxylic acid groups (broad SMARTS) is 1. The van der Waals surface area contributed by atoms with Gasteiger partial charge in [-0.15, -0.1) is 0 Å². The van der Waals surface area contributed by atoms with Crippen LogP contribution in [-0.4, -0.2) is 66.7 Å². The van der Waals surface area contributed by atoms with Gasteiger partial charge in [-0.3, -0.25) is 4.79 Å². The number of alkyl carbamates (subject to hydrolysis) is 1. The summed E-state index contributed by atoms with van der Waals surface area (Å²) < 4.78 is 10.7. The van der Waals surface area contributed by atoms with Crippen molar-refractivity contribution in [2.24, 2.45) is 0 Å². The minimum absolute atomic E-state index is 0.0673. The lowest BCUT2D eigenvalue weighted by molar-refractivity contribution is -0.143. The van der Waals surface area contributed by atoms with E-state index in [2.05, 4.69) is 10.6 Å². The molecule has 0 unspecified atom stereocenters. The number of rotatable bonds is 10. The molecule has 176 valence electrons. The first-order valence-corrected chi connectivity index (χ1v) is 10.7. The molecule has 9 heteroatoms. The number of aliphatic carboxylic acids is 1. The Balaban J connectivity index is 1.68. The summed E-state index contributed by atoms with van der Waals surface area (Å²) in [5, 5.41) is 23.0. The molecular formula is C24H28N2O7. The highest BCUT2D eigenvalue weighted by Crippen LogP contribution is 2.44. The standard InChI is InChI=1S/C24H28N2O7/c1-14(32-2)21(22(28)25-20(11-12-27)23(29)30)26-24(31)33-13-19-17-9-5-3-7-15(17)16-8-4-6-10-18(16)19/h3-10,14,19-21,27H,11-13H2,1-2H3,(H,25,28)(H,26,31)(H,29,30)/t14-,20-,21+/m1/s1. The Morgan fingerprint density at radius 3 is 2.09 bits per heavy atom. The number of hydrogen-bond donors (Lipinski definition) is 4. The van der Waals surface area contributed by atoms with Crippen LogP contribution >= 0.6 is 0 Å². The molecule has 0 radical (unpaired) electrons. The third-order valence-electron chi connectivity index (χ3n) is 5.77. The monoisotopic (exact) mass is 456 g/mol. The van der Waals surface area contributed by atoms with Gasteiger partial charge in [0.1, 0.15) is 18.7 Å². The van der Waals surface area contributed by atoms with E-state index in [4.69, 9.17) is 14.6 Å². The molecule has 3 rings (SSSR count). The van der Waals surface area contributed by atoms with Crippen LogP contribution in [-0.2, 0) is 19.1 Å². The second-order valence-electron chi connectivity index (χ2n) is 7.80. The van der Waals surface area contributed by atoms with Crippen LogP contribution in [0.4, 0.5) is 4.79 Å². The molecule has 0 heterocycles. The first-order chi connectivity index (χ1) is 15.9. The number of methoxy groups -OCH3 is 1. The summed E-state index contributed by atoms with van der Waals surface area (Å²) in [5.41, 5.74) is 4.30. The van der Waals surface area contributed by atoms with E-state index in [1.807, 2.05) is 48.5 Å². The molecule has 2 amide bonds. The third kappa shape index (κ3) is 5.50. The summed E-state index contributed by atoms with van der Waals surface area (Å²) in [5.74, 6) is -2.18. The molecule has 1 aliphatic rings. The van der Waals surface area contributed by atoms with Gasteiger partial charge in [0.2, 0.25) is 5.91 Å². The van der Waals surface area contributed by atoms with Crippen molar-refractivity contribution < 1.29 is 34.1 Å². The van der Waals surface area contributed by atoms with Crippen molar-refractivity contribution in [3.8, 4) is 11.1 Å². The first kappa shape index (κ1) is 24.2. The molecule has 2 aromatic rings. The predicted molar refractivity (Wildman–Crippen MR) is 120 cm³/mol. The number of benzene rings is 2. The summed E-state index contributed by atoms with van der Waals surface area (Å²) >= 11 is 0. The second-order valence-corrected chi connectivity index (χ2v) is 7.80. The Bertz CT molecular complexity index is 964. The number of fused-ring (bicyclic) bond motifs is 3. The molecule has 9 nitrogen and oxygen atoms in total. The van der Waals surface area contributed by atoms with Gasteiger partial charge in [-0.1, -0.05) is 48.5 Å². The molecular weight excluding hydrogens is 428 g/mol. The molecule has 4 N–H and O–H groups in total. The highest BCUT2D eigenvalue weighted by atomic mass is 16.5. The summed E-state index contributed by atoms with van der Waals surface area (Å²) in [6, 6.07) is 13.4. The van der Waals surface area contributed by atoms with E-state index in [-0.39, 0.29) is 18.9 Å². The zero-order valence-electron chi connectivity index (χ0n) is 18.5. The number of nitrogens with one attached hydrogen (secondary N) is 2. The Kier molecular flexibility index (Phi) is 8.02. The van der Waals surface area contributed by atoms with E-state index in [0.29, 0.717) is 0 Å². The molecule has 33 heavy (non-hydrogen) atoms. The highest BCUT2D eigenvalue weighted by Gasteiger charge is 2.32.